The van der Waals surface area contributed by atoms with Gasteiger partial charge in [0, 0.05) is 17.3 Å². The second-order valence-corrected chi connectivity index (χ2v) is 2.46. The monoisotopic (exact) mass is 200 g/mol. The lowest BCUT2D eigenvalue weighted by molar-refractivity contribution is 0.145. The molecule has 1 aromatic heterocycles. The van der Waals surface area contributed by atoms with Crippen molar-refractivity contribution in [2.45, 2.75) is 13.0 Å². The van der Waals surface area contributed by atoms with Gasteiger partial charge in [0.25, 0.3) is 6.43 Å². The number of aromatic nitrogens is 1. The van der Waals surface area contributed by atoms with Crippen LogP contribution in [-0.4, -0.2) is 15.2 Å². The number of alkyl halides is 2. The summed E-state index contributed by atoms with van der Waals surface area (Å²) in [5.74, 6) is -0.687. The van der Waals surface area contributed by atoms with Crippen molar-refractivity contribution < 1.29 is 19.0 Å². The SMILES string of the molecule is N#Cc1ncc(C(F)F)c(CO)c1O. The van der Waals surface area contributed by atoms with E-state index in [0.29, 0.717) is 0 Å². The van der Waals surface area contributed by atoms with Crippen LogP contribution in [0.2, 0.25) is 0 Å². The third kappa shape index (κ3) is 1.63. The number of aliphatic hydroxyl groups excluding tert-OH is 1. The number of hydrogen-bond donors (Lipinski definition) is 2. The Labute approximate surface area is 78.1 Å². The van der Waals surface area contributed by atoms with Crippen molar-refractivity contribution >= 4 is 0 Å². The Morgan fingerprint density at radius 3 is 2.64 bits per heavy atom. The fourth-order valence-electron chi connectivity index (χ4n) is 0.989. The topological polar surface area (TPSA) is 77.1 Å². The lowest BCUT2D eigenvalue weighted by Gasteiger charge is -2.08. The molecule has 0 radical (unpaired) electrons. The molecule has 4 nitrogen and oxygen atoms in total. The predicted octanol–water partition coefficient (Wildman–Crippen LogP) is 1.09. The molecule has 0 aliphatic carbocycles. The Bertz CT molecular complexity index is 388. The molecule has 0 aliphatic rings. The molecule has 1 aromatic rings. The number of nitriles is 1. The van der Waals surface area contributed by atoms with E-state index in [1.807, 2.05) is 0 Å². The molecule has 2 N–H and O–H groups in total. The number of rotatable bonds is 2. The van der Waals surface area contributed by atoms with Gasteiger partial charge in [-0.3, -0.25) is 0 Å². The summed E-state index contributed by atoms with van der Waals surface area (Å²) in [6.45, 7) is -0.761. The smallest absolute Gasteiger partial charge is 0.265 e. The summed E-state index contributed by atoms with van der Waals surface area (Å²) in [6, 6.07) is 1.52. The molecule has 0 fully saturated rings. The lowest BCUT2D eigenvalue weighted by atomic mass is 10.1. The minimum absolute atomic E-state index is 0.355. The van der Waals surface area contributed by atoms with E-state index in [9.17, 15) is 13.9 Å². The van der Waals surface area contributed by atoms with Gasteiger partial charge in [0.05, 0.1) is 6.61 Å². The van der Waals surface area contributed by atoms with Gasteiger partial charge in [0.15, 0.2) is 11.4 Å². The second kappa shape index (κ2) is 3.98. The van der Waals surface area contributed by atoms with Crippen LogP contribution >= 0.6 is 0 Å². The molecule has 6 heteroatoms. The first kappa shape index (κ1) is 10.3. The molecular weight excluding hydrogens is 194 g/mol. The van der Waals surface area contributed by atoms with Gasteiger partial charge in [-0.25, -0.2) is 13.8 Å². The highest BCUT2D eigenvalue weighted by Crippen LogP contribution is 2.30. The summed E-state index contributed by atoms with van der Waals surface area (Å²) in [7, 11) is 0. The van der Waals surface area contributed by atoms with Crippen molar-refractivity contribution in [2.24, 2.45) is 0 Å². The maximum atomic E-state index is 12.3. The molecule has 0 spiro atoms. The maximum Gasteiger partial charge on any atom is 0.265 e. The van der Waals surface area contributed by atoms with Crippen LogP contribution in [0.3, 0.4) is 0 Å². The summed E-state index contributed by atoms with van der Waals surface area (Å²) in [4.78, 5) is 3.32. The number of nitrogens with zero attached hydrogens (tertiary/aromatic N) is 2. The minimum Gasteiger partial charge on any atom is -0.505 e. The van der Waals surface area contributed by atoms with Crippen LogP contribution in [0, 0.1) is 11.3 Å². The van der Waals surface area contributed by atoms with E-state index in [4.69, 9.17) is 10.4 Å². The first-order valence-corrected chi connectivity index (χ1v) is 3.61. The van der Waals surface area contributed by atoms with Gasteiger partial charge in [-0.1, -0.05) is 0 Å². The van der Waals surface area contributed by atoms with E-state index in [1.54, 1.807) is 0 Å². The summed E-state index contributed by atoms with van der Waals surface area (Å²) in [5.41, 5.74) is -1.30. The normalized spacial score (nSPS) is 10.2. The predicted molar refractivity (Wildman–Crippen MR) is 41.5 cm³/mol. The van der Waals surface area contributed by atoms with E-state index < -0.39 is 24.3 Å². The van der Waals surface area contributed by atoms with Crippen LogP contribution < -0.4 is 0 Å². The van der Waals surface area contributed by atoms with Crippen LogP contribution in [-0.2, 0) is 6.61 Å². The maximum absolute atomic E-state index is 12.3. The molecule has 1 heterocycles. The van der Waals surface area contributed by atoms with Gasteiger partial charge in [-0.15, -0.1) is 0 Å². The van der Waals surface area contributed by atoms with Crippen molar-refractivity contribution in [2.75, 3.05) is 0 Å². The first-order chi connectivity index (χ1) is 6.61. The van der Waals surface area contributed by atoms with Crippen LogP contribution in [0.15, 0.2) is 6.20 Å². The van der Waals surface area contributed by atoms with E-state index in [2.05, 4.69) is 4.98 Å². The zero-order chi connectivity index (χ0) is 10.7. The Hall–Kier alpha value is -1.74. The summed E-state index contributed by atoms with van der Waals surface area (Å²) in [5, 5.41) is 26.4. The largest absolute Gasteiger partial charge is 0.505 e. The Kier molecular flexibility index (Phi) is 2.94. The van der Waals surface area contributed by atoms with Gasteiger partial charge < -0.3 is 10.2 Å². The van der Waals surface area contributed by atoms with E-state index in [0.717, 1.165) is 6.20 Å². The quantitative estimate of drug-likeness (QED) is 0.749. The van der Waals surface area contributed by atoms with E-state index in [-0.39, 0.29) is 11.3 Å². The van der Waals surface area contributed by atoms with Gasteiger partial charge in [-0.05, 0) is 0 Å². The lowest BCUT2D eigenvalue weighted by Crippen LogP contribution is -1.99. The fraction of sp³-hybridized carbons (Fsp3) is 0.250. The number of hydrogen-bond acceptors (Lipinski definition) is 4. The Balaban J connectivity index is 3.38. The molecule has 0 aromatic carbocycles. The number of aliphatic hydroxyl groups is 1. The molecule has 0 bridgehead atoms. The number of pyridine rings is 1. The van der Waals surface area contributed by atoms with Crippen molar-refractivity contribution in [3.05, 3.63) is 23.0 Å². The number of aromatic hydroxyl groups is 1. The molecule has 0 saturated carbocycles. The Morgan fingerprint density at radius 2 is 2.21 bits per heavy atom. The molecule has 0 aliphatic heterocycles. The van der Waals surface area contributed by atoms with Crippen molar-refractivity contribution in [1.82, 2.24) is 4.98 Å². The van der Waals surface area contributed by atoms with Crippen LogP contribution in [0.5, 0.6) is 5.75 Å². The Morgan fingerprint density at radius 1 is 1.57 bits per heavy atom. The average Bonchev–Trinajstić information content (AvgIpc) is 2.17. The number of halogens is 2. The molecule has 1 rings (SSSR count). The standard InChI is InChI=1S/C8H6F2N2O2/c9-8(10)4-2-12-6(1-11)7(14)5(4)3-13/h2,8,13-14H,3H2. The van der Waals surface area contributed by atoms with Gasteiger partial charge in [-0.2, -0.15) is 5.26 Å². The summed E-state index contributed by atoms with van der Waals surface area (Å²) < 4.78 is 24.6. The highest BCUT2D eigenvalue weighted by molar-refractivity contribution is 5.46. The van der Waals surface area contributed by atoms with Crippen molar-refractivity contribution in [3.63, 3.8) is 0 Å². The summed E-state index contributed by atoms with van der Waals surface area (Å²) >= 11 is 0. The zero-order valence-electron chi connectivity index (χ0n) is 6.91. The fourth-order valence-corrected chi connectivity index (χ4v) is 0.989. The van der Waals surface area contributed by atoms with Crippen LogP contribution in [0.25, 0.3) is 0 Å². The highest BCUT2D eigenvalue weighted by Gasteiger charge is 2.19. The second-order valence-electron chi connectivity index (χ2n) is 2.46. The van der Waals surface area contributed by atoms with Crippen LogP contribution in [0.4, 0.5) is 8.78 Å². The molecule has 74 valence electrons. The molecular formula is C8H6F2N2O2. The van der Waals surface area contributed by atoms with E-state index in [1.165, 1.54) is 6.07 Å². The van der Waals surface area contributed by atoms with Crippen LogP contribution in [0.1, 0.15) is 23.2 Å². The minimum atomic E-state index is -2.84. The third-order valence-corrected chi connectivity index (χ3v) is 1.69. The zero-order valence-corrected chi connectivity index (χ0v) is 6.91. The average molecular weight is 200 g/mol. The molecule has 0 amide bonds. The van der Waals surface area contributed by atoms with Gasteiger partial charge >= 0.3 is 0 Å². The van der Waals surface area contributed by atoms with Gasteiger partial charge in [0.2, 0.25) is 0 Å². The molecule has 0 atom stereocenters. The molecule has 0 saturated heterocycles. The van der Waals surface area contributed by atoms with Crippen molar-refractivity contribution in [3.8, 4) is 11.8 Å². The molecule has 14 heavy (non-hydrogen) atoms. The first-order valence-electron chi connectivity index (χ1n) is 3.61. The van der Waals surface area contributed by atoms with E-state index >= 15 is 0 Å². The third-order valence-electron chi connectivity index (χ3n) is 1.69. The van der Waals surface area contributed by atoms with Crippen molar-refractivity contribution in [1.29, 1.82) is 5.26 Å². The van der Waals surface area contributed by atoms with Gasteiger partial charge in [0.1, 0.15) is 6.07 Å². The molecule has 0 unspecified atom stereocenters. The highest BCUT2D eigenvalue weighted by atomic mass is 19.3. The summed E-state index contributed by atoms with van der Waals surface area (Å²) in [6.07, 6.45) is -2.07.